The van der Waals surface area contributed by atoms with E-state index in [2.05, 4.69) is 10.4 Å². The van der Waals surface area contributed by atoms with Crippen molar-refractivity contribution in [2.75, 3.05) is 20.3 Å². The van der Waals surface area contributed by atoms with E-state index in [-0.39, 0.29) is 0 Å². The van der Waals surface area contributed by atoms with E-state index < -0.39 is 6.10 Å². The van der Waals surface area contributed by atoms with Crippen molar-refractivity contribution in [3.8, 4) is 11.3 Å². The first kappa shape index (κ1) is 16.0. The van der Waals surface area contributed by atoms with Gasteiger partial charge in [0.25, 0.3) is 0 Å². The Morgan fingerprint density at radius 1 is 1.43 bits per heavy atom. The zero-order valence-electron chi connectivity index (χ0n) is 12.2. The van der Waals surface area contributed by atoms with Crippen LogP contribution in [0.15, 0.2) is 30.5 Å². The molecule has 0 spiro atoms. The van der Waals surface area contributed by atoms with Gasteiger partial charge in [0.2, 0.25) is 0 Å². The van der Waals surface area contributed by atoms with Gasteiger partial charge in [0.15, 0.2) is 0 Å². The monoisotopic (exact) mass is 309 g/mol. The van der Waals surface area contributed by atoms with Gasteiger partial charge in [0.1, 0.15) is 0 Å². The molecule has 0 aliphatic heterocycles. The molecule has 5 nitrogen and oxygen atoms in total. The fraction of sp³-hybridized carbons (Fsp3) is 0.400. The number of benzene rings is 1. The van der Waals surface area contributed by atoms with Gasteiger partial charge in [0.05, 0.1) is 23.4 Å². The highest BCUT2D eigenvalue weighted by Gasteiger charge is 2.13. The largest absolute Gasteiger partial charge is 0.389 e. The first-order chi connectivity index (χ1) is 10.1. The Morgan fingerprint density at radius 2 is 2.19 bits per heavy atom. The molecular weight excluding hydrogens is 290 g/mol. The number of nitrogens with zero attached hydrogens (tertiary/aromatic N) is 2. The quantitative estimate of drug-likeness (QED) is 0.819. The Labute approximate surface area is 129 Å². The van der Waals surface area contributed by atoms with Crippen molar-refractivity contribution in [3.05, 3.63) is 41.0 Å². The van der Waals surface area contributed by atoms with Gasteiger partial charge in [-0.05, 0) is 6.07 Å². The van der Waals surface area contributed by atoms with Gasteiger partial charge in [0, 0.05) is 44.6 Å². The molecule has 2 aromatic rings. The van der Waals surface area contributed by atoms with E-state index in [0.29, 0.717) is 24.7 Å². The number of aliphatic hydroxyl groups excluding tert-OH is 1. The number of rotatable bonds is 7. The molecule has 0 radical (unpaired) electrons. The molecule has 0 aliphatic carbocycles. The van der Waals surface area contributed by atoms with Gasteiger partial charge in [-0.15, -0.1) is 0 Å². The van der Waals surface area contributed by atoms with Crippen LogP contribution in [0.4, 0.5) is 0 Å². The number of ether oxygens (including phenoxy) is 1. The smallest absolute Gasteiger partial charge is 0.0982 e. The third-order valence-corrected chi connectivity index (χ3v) is 3.42. The minimum atomic E-state index is -0.518. The van der Waals surface area contributed by atoms with Crippen LogP contribution in [0.3, 0.4) is 0 Å². The number of aliphatic hydroxyl groups is 1. The molecule has 0 saturated carbocycles. The molecule has 6 heteroatoms. The summed E-state index contributed by atoms with van der Waals surface area (Å²) >= 11 is 6.24. The van der Waals surface area contributed by atoms with Crippen LogP contribution in [0.2, 0.25) is 5.02 Å². The molecule has 0 bridgehead atoms. The van der Waals surface area contributed by atoms with E-state index in [1.54, 1.807) is 11.8 Å². The molecule has 1 heterocycles. The number of hydrogen-bond acceptors (Lipinski definition) is 4. The van der Waals surface area contributed by atoms with E-state index in [0.717, 1.165) is 16.8 Å². The molecule has 1 unspecified atom stereocenters. The van der Waals surface area contributed by atoms with Crippen LogP contribution in [0.1, 0.15) is 5.56 Å². The summed E-state index contributed by atoms with van der Waals surface area (Å²) in [5, 5.41) is 18.0. The van der Waals surface area contributed by atoms with Crippen molar-refractivity contribution in [1.29, 1.82) is 0 Å². The maximum absolute atomic E-state index is 9.63. The topological polar surface area (TPSA) is 59.3 Å². The highest BCUT2D eigenvalue weighted by Crippen LogP contribution is 2.28. The van der Waals surface area contributed by atoms with Crippen molar-refractivity contribution >= 4 is 11.6 Å². The summed E-state index contributed by atoms with van der Waals surface area (Å²) in [6.07, 6.45) is 1.43. The Morgan fingerprint density at radius 3 is 2.90 bits per heavy atom. The fourth-order valence-corrected chi connectivity index (χ4v) is 2.40. The summed E-state index contributed by atoms with van der Waals surface area (Å²) in [6.45, 7) is 1.39. The Hall–Kier alpha value is -1.40. The van der Waals surface area contributed by atoms with Crippen molar-refractivity contribution in [1.82, 2.24) is 15.1 Å². The molecule has 0 fully saturated rings. The number of halogens is 1. The molecule has 21 heavy (non-hydrogen) atoms. The predicted octanol–water partition coefficient (Wildman–Crippen LogP) is 1.84. The van der Waals surface area contributed by atoms with E-state index >= 15 is 0 Å². The third kappa shape index (κ3) is 4.28. The molecule has 1 aromatic heterocycles. The second-order valence-electron chi connectivity index (χ2n) is 4.90. The standard InChI is InChI=1S/C15H20ClN3O2/c1-19-9-11(7-17-8-12(20)10-21-2)15(18-19)13-5-3-4-6-14(13)16/h3-6,9,12,17,20H,7-8,10H2,1-2H3. The van der Waals surface area contributed by atoms with Gasteiger partial charge < -0.3 is 15.2 Å². The molecule has 0 saturated heterocycles. The predicted molar refractivity (Wildman–Crippen MR) is 83.2 cm³/mol. The van der Waals surface area contributed by atoms with Crippen molar-refractivity contribution in [3.63, 3.8) is 0 Å². The number of aromatic nitrogens is 2. The first-order valence-corrected chi connectivity index (χ1v) is 7.14. The van der Waals surface area contributed by atoms with Crippen LogP contribution in [0, 0.1) is 0 Å². The van der Waals surface area contributed by atoms with Gasteiger partial charge in [-0.3, -0.25) is 4.68 Å². The van der Waals surface area contributed by atoms with Crippen molar-refractivity contribution in [2.24, 2.45) is 7.05 Å². The van der Waals surface area contributed by atoms with Crippen molar-refractivity contribution < 1.29 is 9.84 Å². The lowest BCUT2D eigenvalue weighted by molar-refractivity contribution is 0.0644. The second kappa shape index (κ2) is 7.56. The molecule has 114 valence electrons. The summed E-state index contributed by atoms with van der Waals surface area (Å²) in [6, 6.07) is 7.64. The van der Waals surface area contributed by atoms with E-state index in [9.17, 15) is 5.11 Å². The minimum absolute atomic E-state index is 0.317. The maximum Gasteiger partial charge on any atom is 0.0982 e. The van der Waals surface area contributed by atoms with E-state index in [1.165, 1.54) is 0 Å². The molecule has 0 aliphatic rings. The highest BCUT2D eigenvalue weighted by molar-refractivity contribution is 6.33. The summed E-state index contributed by atoms with van der Waals surface area (Å²) < 4.78 is 6.66. The second-order valence-corrected chi connectivity index (χ2v) is 5.30. The van der Waals surface area contributed by atoms with Crippen LogP contribution in [0.25, 0.3) is 11.3 Å². The Balaban J connectivity index is 2.09. The van der Waals surface area contributed by atoms with E-state index in [1.807, 2.05) is 37.5 Å². The average molecular weight is 310 g/mol. The average Bonchev–Trinajstić information content (AvgIpc) is 2.80. The maximum atomic E-state index is 9.63. The van der Waals surface area contributed by atoms with Gasteiger partial charge in [-0.1, -0.05) is 29.8 Å². The normalized spacial score (nSPS) is 12.6. The van der Waals surface area contributed by atoms with Crippen LogP contribution in [-0.4, -0.2) is 41.3 Å². The van der Waals surface area contributed by atoms with E-state index in [4.69, 9.17) is 16.3 Å². The molecule has 2 rings (SSSR count). The van der Waals surface area contributed by atoms with Gasteiger partial charge in [-0.25, -0.2) is 0 Å². The number of hydrogen-bond donors (Lipinski definition) is 2. The summed E-state index contributed by atoms with van der Waals surface area (Å²) in [5.74, 6) is 0. The summed E-state index contributed by atoms with van der Waals surface area (Å²) in [7, 11) is 3.45. The molecular formula is C15H20ClN3O2. The third-order valence-electron chi connectivity index (χ3n) is 3.09. The van der Waals surface area contributed by atoms with Crippen LogP contribution < -0.4 is 5.32 Å². The van der Waals surface area contributed by atoms with Crippen LogP contribution in [0.5, 0.6) is 0 Å². The molecule has 0 amide bonds. The zero-order valence-corrected chi connectivity index (χ0v) is 13.0. The molecule has 1 aromatic carbocycles. The Bertz CT molecular complexity index is 586. The Kier molecular flexibility index (Phi) is 5.76. The molecule has 2 N–H and O–H groups in total. The highest BCUT2D eigenvalue weighted by atomic mass is 35.5. The van der Waals surface area contributed by atoms with Crippen LogP contribution >= 0.6 is 11.6 Å². The first-order valence-electron chi connectivity index (χ1n) is 6.77. The lowest BCUT2D eigenvalue weighted by atomic mass is 10.1. The number of methoxy groups -OCH3 is 1. The van der Waals surface area contributed by atoms with Crippen molar-refractivity contribution in [2.45, 2.75) is 12.6 Å². The number of nitrogens with one attached hydrogen (secondary N) is 1. The lowest BCUT2D eigenvalue weighted by Crippen LogP contribution is -2.29. The fourth-order valence-electron chi connectivity index (χ4n) is 2.17. The zero-order chi connectivity index (χ0) is 15.2. The van der Waals surface area contributed by atoms with Gasteiger partial charge >= 0.3 is 0 Å². The number of aryl methyl sites for hydroxylation is 1. The summed E-state index contributed by atoms with van der Waals surface area (Å²) in [4.78, 5) is 0. The summed E-state index contributed by atoms with van der Waals surface area (Å²) in [5.41, 5.74) is 2.81. The van der Waals surface area contributed by atoms with Gasteiger partial charge in [-0.2, -0.15) is 5.10 Å². The lowest BCUT2D eigenvalue weighted by Gasteiger charge is -2.10. The minimum Gasteiger partial charge on any atom is -0.389 e. The SMILES string of the molecule is COCC(O)CNCc1cn(C)nc1-c1ccccc1Cl. The molecule has 1 atom stereocenters. The van der Waals surface area contributed by atoms with Crippen LogP contribution in [-0.2, 0) is 18.3 Å².